The Morgan fingerprint density at radius 1 is 1.21 bits per heavy atom. The third-order valence-corrected chi connectivity index (χ3v) is 7.66. The lowest BCUT2D eigenvalue weighted by Crippen LogP contribution is -2.35. The quantitative estimate of drug-likeness (QED) is 0.661. The summed E-state index contributed by atoms with van der Waals surface area (Å²) in [7, 11) is -1.58. The number of hydrogen-bond acceptors (Lipinski definition) is 5. The monoisotopic (exact) mass is 441 g/mol. The van der Waals surface area contributed by atoms with Gasteiger partial charge >= 0.3 is 0 Å². The van der Waals surface area contributed by atoms with Crippen LogP contribution in [-0.2, 0) is 25.1 Å². The Bertz CT molecular complexity index is 928. The first-order chi connectivity index (χ1) is 13.4. The first-order valence-corrected chi connectivity index (χ1v) is 11.9. The van der Waals surface area contributed by atoms with Gasteiger partial charge in [-0.3, -0.25) is 4.72 Å². The van der Waals surface area contributed by atoms with E-state index in [0.717, 1.165) is 28.2 Å². The first-order valence-electron chi connectivity index (χ1n) is 9.09. The van der Waals surface area contributed by atoms with Gasteiger partial charge < -0.3 is 9.47 Å². The second-order valence-corrected chi connectivity index (χ2v) is 10.1. The van der Waals surface area contributed by atoms with Gasteiger partial charge in [0.15, 0.2) is 0 Å². The molecule has 2 aromatic rings. The van der Waals surface area contributed by atoms with E-state index in [2.05, 4.69) is 16.9 Å². The molecule has 5 nitrogen and oxygen atoms in total. The van der Waals surface area contributed by atoms with E-state index in [1.54, 1.807) is 26.2 Å². The van der Waals surface area contributed by atoms with Crippen molar-refractivity contribution in [3.8, 4) is 0 Å². The first kappa shape index (κ1) is 21.5. The molecular weight excluding hydrogens is 418 g/mol. The molecule has 0 aromatic heterocycles. The zero-order valence-corrected chi connectivity index (χ0v) is 18.3. The van der Waals surface area contributed by atoms with Crippen LogP contribution in [0.1, 0.15) is 25.3 Å². The van der Waals surface area contributed by atoms with Crippen molar-refractivity contribution in [2.75, 3.05) is 30.8 Å². The summed E-state index contributed by atoms with van der Waals surface area (Å²) in [6.07, 6.45) is 1.65. The molecule has 28 heavy (non-hydrogen) atoms. The van der Waals surface area contributed by atoms with E-state index < -0.39 is 10.0 Å². The van der Waals surface area contributed by atoms with Gasteiger partial charge in [-0.25, -0.2) is 8.42 Å². The summed E-state index contributed by atoms with van der Waals surface area (Å²) in [4.78, 5) is 1.90. The zero-order chi connectivity index (χ0) is 20.2. The Hall–Kier alpha value is -1.25. The number of methoxy groups -OCH3 is 1. The van der Waals surface area contributed by atoms with Crippen LogP contribution in [0.5, 0.6) is 0 Å². The van der Waals surface area contributed by atoms with Crippen molar-refractivity contribution >= 4 is 39.1 Å². The fraction of sp³-hybridized carbons (Fsp3) is 0.400. The summed E-state index contributed by atoms with van der Waals surface area (Å²) in [5, 5.41) is 0.499. The van der Waals surface area contributed by atoms with Crippen LogP contribution >= 0.6 is 23.4 Å². The van der Waals surface area contributed by atoms with E-state index in [-0.39, 0.29) is 11.4 Å². The van der Waals surface area contributed by atoms with Crippen LogP contribution in [-0.4, -0.2) is 34.5 Å². The highest BCUT2D eigenvalue weighted by atomic mass is 35.5. The van der Waals surface area contributed by atoms with Crippen LogP contribution in [0.3, 0.4) is 0 Å². The summed E-state index contributed by atoms with van der Waals surface area (Å²) in [5.74, 6) is 0.0141. The number of nitrogens with one attached hydrogen (secondary N) is 1. The second-order valence-electron chi connectivity index (χ2n) is 6.59. The Morgan fingerprint density at radius 2 is 1.96 bits per heavy atom. The molecule has 1 N–H and O–H groups in total. The summed E-state index contributed by atoms with van der Waals surface area (Å²) in [6.45, 7) is 2.96. The van der Waals surface area contributed by atoms with E-state index in [1.807, 2.05) is 18.2 Å². The Kier molecular flexibility index (Phi) is 6.94. The van der Waals surface area contributed by atoms with Gasteiger partial charge in [0.05, 0.1) is 22.1 Å². The highest BCUT2D eigenvalue weighted by Gasteiger charge is 2.34. The lowest BCUT2D eigenvalue weighted by Gasteiger charge is -2.36. The Morgan fingerprint density at radius 3 is 2.61 bits per heavy atom. The summed E-state index contributed by atoms with van der Waals surface area (Å²) >= 11 is 7.94. The zero-order valence-electron chi connectivity index (χ0n) is 15.9. The molecular formula is C20H24ClNO4S2. The third kappa shape index (κ3) is 5.02. The van der Waals surface area contributed by atoms with Gasteiger partial charge in [-0.05, 0) is 42.8 Å². The van der Waals surface area contributed by atoms with Crippen LogP contribution in [0.25, 0.3) is 0 Å². The van der Waals surface area contributed by atoms with Crippen molar-refractivity contribution in [3.63, 3.8) is 0 Å². The normalized spacial score (nSPS) is 16.7. The molecule has 0 amide bonds. The number of ether oxygens (including phenoxy) is 2. The molecule has 1 fully saturated rings. The fourth-order valence-electron chi connectivity index (χ4n) is 3.18. The summed E-state index contributed by atoms with van der Waals surface area (Å²) in [6, 6.07) is 13.4. The maximum atomic E-state index is 11.7. The summed E-state index contributed by atoms with van der Waals surface area (Å²) in [5.41, 5.74) is 1.28. The number of anilines is 1. The number of sulfonamides is 1. The molecule has 152 valence electrons. The molecule has 1 saturated heterocycles. The van der Waals surface area contributed by atoms with Gasteiger partial charge in [-0.15, -0.1) is 0 Å². The molecule has 3 rings (SSSR count). The lowest BCUT2D eigenvalue weighted by molar-refractivity contribution is -0.0948. The van der Waals surface area contributed by atoms with Crippen LogP contribution in [0.2, 0.25) is 5.02 Å². The Labute approximate surface area is 175 Å². The second kappa shape index (κ2) is 9.05. The van der Waals surface area contributed by atoms with Crippen LogP contribution in [0.4, 0.5) is 5.69 Å². The number of rotatable bonds is 7. The lowest BCUT2D eigenvalue weighted by atomic mass is 9.86. The summed E-state index contributed by atoms with van der Waals surface area (Å²) < 4.78 is 37.3. The molecule has 0 spiro atoms. The average Bonchev–Trinajstić information content (AvgIpc) is 2.70. The smallest absolute Gasteiger partial charge is 0.232 e. The SMILES string of the molecule is CCS(=O)(=O)Nc1ccc(Sc2cccc(C3(OC)CCOCC3)c2)c(Cl)c1. The molecule has 0 radical (unpaired) electrons. The molecule has 0 atom stereocenters. The van der Waals surface area contributed by atoms with Gasteiger partial charge in [-0.2, -0.15) is 0 Å². The van der Waals surface area contributed by atoms with Gasteiger partial charge in [0.2, 0.25) is 10.0 Å². The molecule has 0 bridgehead atoms. The fourth-order valence-corrected chi connectivity index (χ4v) is 4.99. The predicted molar refractivity (Wildman–Crippen MR) is 114 cm³/mol. The molecule has 2 aromatic carbocycles. The van der Waals surface area contributed by atoms with Crippen molar-refractivity contribution in [2.24, 2.45) is 0 Å². The van der Waals surface area contributed by atoms with Gasteiger partial charge in [-0.1, -0.05) is 35.5 Å². The minimum Gasteiger partial charge on any atom is -0.381 e. The van der Waals surface area contributed by atoms with E-state index >= 15 is 0 Å². The largest absolute Gasteiger partial charge is 0.381 e. The van der Waals surface area contributed by atoms with E-state index in [1.165, 1.54) is 11.8 Å². The maximum absolute atomic E-state index is 11.7. The van der Waals surface area contributed by atoms with Crippen molar-refractivity contribution in [1.82, 2.24) is 0 Å². The van der Waals surface area contributed by atoms with Crippen LogP contribution < -0.4 is 4.72 Å². The van der Waals surface area contributed by atoms with Crippen molar-refractivity contribution < 1.29 is 17.9 Å². The molecule has 1 aliphatic heterocycles. The van der Waals surface area contributed by atoms with Gasteiger partial charge in [0.25, 0.3) is 0 Å². The average molecular weight is 442 g/mol. The number of hydrogen-bond donors (Lipinski definition) is 1. The van der Waals surface area contributed by atoms with Gasteiger partial charge in [0, 0.05) is 43.0 Å². The van der Waals surface area contributed by atoms with Crippen molar-refractivity contribution in [2.45, 2.75) is 35.2 Å². The van der Waals surface area contributed by atoms with Crippen molar-refractivity contribution in [1.29, 1.82) is 0 Å². The van der Waals surface area contributed by atoms with Crippen LogP contribution in [0.15, 0.2) is 52.3 Å². The minimum atomic E-state index is -3.33. The highest BCUT2D eigenvalue weighted by Crippen LogP contribution is 2.40. The molecule has 1 aliphatic rings. The van der Waals surface area contributed by atoms with E-state index in [9.17, 15) is 8.42 Å². The van der Waals surface area contributed by atoms with E-state index in [4.69, 9.17) is 21.1 Å². The van der Waals surface area contributed by atoms with E-state index in [0.29, 0.717) is 23.9 Å². The van der Waals surface area contributed by atoms with Gasteiger partial charge in [0.1, 0.15) is 0 Å². The minimum absolute atomic E-state index is 0.0141. The molecule has 0 aliphatic carbocycles. The topological polar surface area (TPSA) is 64.6 Å². The third-order valence-electron chi connectivity index (χ3n) is 4.86. The van der Waals surface area contributed by atoms with Crippen molar-refractivity contribution in [3.05, 3.63) is 53.1 Å². The standard InChI is InChI=1S/C20H24ClNO4S2/c1-3-28(23,24)22-16-7-8-19(18(21)14-16)27-17-6-4-5-15(13-17)20(25-2)9-11-26-12-10-20/h4-8,13-14,22H,3,9-12H2,1-2H3. The highest BCUT2D eigenvalue weighted by molar-refractivity contribution is 7.99. The number of benzene rings is 2. The molecule has 0 saturated carbocycles. The Balaban J connectivity index is 1.81. The number of halogens is 1. The maximum Gasteiger partial charge on any atom is 0.232 e. The molecule has 1 heterocycles. The molecule has 0 unspecified atom stereocenters. The predicted octanol–water partition coefficient (Wildman–Crippen LogP) is 4.90. The molecule has 8 heteroatoms. The van der Waals surface area contributed by atoms with Crippen LogP contribution in [0, 0.1) is 0 Å².